The van der Waals surface area contributed by atoms with E-state index in [0.29, 0.717) is 5.92 Å². The molecule has 43 heavy (non-hydrogen) atoms. The first-order valence-electron chi connectivity index (χ1n) is 14.9. The summed E-state index contributed by atoms with van der Waals surface area (Å²) in [6, 6.07) is 58.2. The van der Waals surface area contributed by atoms with Crippen LogP contribution in [0, 0.1) is 0 Å². The number of benzene rings is 7. The van der Waals surface area contributed by atoms with Crippen LogP contribution in [0.3, 0.4) is 0 Å². The minimum absolute atomic E-state index is 0.449. The Hall–Kier alpha value is -4.16. The molecule has 0 aliphatic carbocycles. The van der Waals surface area contributed by atoms with Gasteiger partial charge in [-0.05, 0) is 74.6 Å². The first kappa shape index (κ1) is 27.7. The second-order valence-electron chi connectivity index (χ2n) is 11.1. The molecule has 0 saturated heterocycles. The number of fused-ring (bicyclic) bond motifs is 2. The van der Waals surface area contributed by atoms with Crippen LogP contribution in [0.1, 0.15) is 25.3 Å². The minimum atomic E-state index is -0.816. The van der Waals surface area contributed by atoms with Gasteiger partial charge in [0.15, 0.2) is 0 Å². The third-order valence-corrected chi connectivity index (χ3v) is 11.7. The maximum absolute atomic E-state index is 2.40. The van der Waals surface area contributed by atoms with Gasteiger partial charge in [-0.25, -0.2) is 0 Å². The molecule has 208 valence electrons. The predicted molar refractivity (Wildman–Crippen MR) is 190 cm³/mol. The number of hydrogen-bond acceptors (Lipinski definition) is 1. The van der Waals surface area contributed by atoms with Gasteiger partial charge in [0.1, 0.15) is 0 Å². The normalized spacial score (nSPS) is 11.5. The van der Waals surface area contributed by atoms with Crippen LogP contribution in [0.4, 0.5) is 0 Å². The largest absolute Gasteiger partial charge is 0.0891 e. The molecule has 7 rings (SSSR count). The molecule has 0 unspecified atom stereocenters. The van der Waals surface area contributed by atoms with Crippen molar-refractivity contribution in [2.75, 3.05) is 0 Å². The molecule has 0 aliphatic rings. The first-order valence-corrected chi connectivity index (χ1v) is 17.1. The number of hydrogen-bond donors (Lipinski definition) is 0. The van der Waals surface area contributed by atoms with E-state index in [9.17, 15) is 0 Å². The molecule has 7 aromatic carbocycles. The quantitative estimate of drug-likeness (QED) is 0.167. The molecule has 0 amide bonds. The zero-order valence-corrected chi connectivity index (χ0v) is 26.2. The molecule has 0 spiro atoms. The minimum Gasteiger partial charge on any atom is -0.0891 e. The van der Waals surface area contributed by atoms with Gasteiger partial charge in [-0.3, -0.25) is 0 Å². The topological polar surface area (TPSA) is 0 Å². The Bertz CT molecular complexity index is 1990. The molecular weight excluding hydrogens is 555 g/mol. The van der Waals surface area contributed by atoms with Crippen molar-refractivity contribution in [3.63, 3.8) is 0 Å². The molecule has 0 atom stereocenters. The average Bonchev–Trinajstić information content (AvgIpc) is 3.06. The zero-order chi connectivity index (χ0) is 29.2. The lowest BCUT2D eigenvalue weighted by atomic mass is 9.93. The molecule has 0 N–H and O–H groups in total. The fourth-order valence-corrected chi connectivity index (χ4v) is 9.78. The van der Waals surface area contributed by atoms with Crippen molar-refractivity contribution in [3.05, 3.63) is 163 Å². The molecule has 0 bridgehead atoms. The summed E-state index contributed by atoms with van der Waals surface area (Å²) < 4.78 is 0. The molecule has 0 aromatic heterocycles. The van der Waals surface area contributed by atoms with E-state index in [1.165, 1.54) is 63.9 Å². The Morgan fingerprint density at radius 2 is 0.953 bits per heavy atom. The molecular formula is C41H33PS. The monoisotopic (exact) mass is 588 g/mol. The smallest absolute Gasteiger partial charge is 0.0207 e. The Morgan fingerprint density at radius 3 is 1.58 bits per heavy atom. The van der Waals surface area contributed by atoms with Crippen LogP contribution >= 0.6 is 19.7 Å². The summed E-state index contributed by atoms with van der Waals surface area (Å²) in [6.07, 6.45) is 0. The summed E-state index contributed by atoms with van der Waals surface area (Å²) in [5.74, 6) is 0.449. The highest BCUT2D eigenvalue weighted by Crippen LogP contribution is 2.47. The third kappa shape index (κ3) is 5.40. The molecule has 2 heteroatoms. The highest BCUT2D eigenvalue weighted by molar-refractivity contribution is 7.99. The van der Waals surface area contributed by atoms with E-state index in [-0.39, 0.29) is 0 Å². The van der Waals surface area contributed by atoms with Crippen LogP contribution in [0.5, 0.6) is 0 Å². The van der Waals surface area contributed by atoms with Gasteiger partial charge in [-0.2, -0.15) is 0 Å². The highest BCUT2D eigenvalue weighted by atomic mass is 32.2. The van der Waals surface area contributed by atoms with E-state index >= 15 is 0 Å². The van der Waals surface area contributed by atoms with Crippen LogP contribution < -0.4 is 15.9 Å². The Balaban J connectivity index is 1.58. The second kappa shape index (κ2) is 12.2. The van der Waals surface area contributed by atoms with Gasteiger partial charge >= 0.3 is 0 Å². The molecule has 7 aromatic rings. The SMILES string of the molecule is CC(C)c1ccccc1Sc1ccc2ccccc2c1-c1c(P(c2ccccc2)c2ccccc2)ccc2ccccc12. The van der Waals surface area contributed by atoms with Crippen molar-refractivity contribution < 1.29 is 0 Å². The lowest BCUT2D eigenvalue weighted by Gasteiger charge is -2.26. The van der Waals surface area contributed by atoms with Crippen molar-refractivity contribution in [1.82, 2.24) is 0 Å². The van der Waals surface area contributed by atoms with Crippen LogP contribution in [0.25, 0.3) is 32.7 Å². The number of rotatable bonds is 7. The summed E-state index contributed by atoms with van der Waals surface area (Å²) in [5, 5.41) is 9.24. The van der Waals surface area contributed by atoms with Gasteiger partial charge in [-0.1, -0.05) is 171 Å². The summed E-state index contributed by atoms with van der Waals surface area (Å²) in [7, 11) is -0.816. The summed E-state index contributed by atoms with van der Waals surface area (Å²) in [6.45, 7) is 4.58. The van der Waals surface area contributed by atoms with Gasteiger partial charge < -0.3 is 0 Å². The fraction of sp³-hybridized carbons (Fsp3) is 0.0732. The van der Waals surface area contributed by atoms with Crippen molar-refractivity contribution in [2.45, 2.75) is 29.6 Å². The van der Waals surface area contributed by atoms with Crippen LogP contribution in [-0.2, 0) is 0 Å². The van der Waals surface area contributed by atoms with Crippen molar-refractivity contribution >= 4 is 57.1 Å². The maximum atomic E-state index is 2.40. The van der Waals surface area contributed by atoms with Gasteiger partial charge in [0.2, 0.25) is 0 Å². The molecule has 0 aliphatic heterocycles. The van der Waals surface area contributed by atoms with Gasteiger partial charge in [-0.15, -0.1) is 0 Å². The summed E-state index contributed by atoms with van der Waals surface area (Å²) in [5.41, 5.74) is 4.06. The molecule has 0 nitrogen and oxygen atoms in total. The second-order valence-corrected chi connectivity index (χ2v) is 14.4. The van der Waals surface area contributed by atoms with Gasteiger partial charge in [0, 0.05) is 15.4 Å². The van der Waals surface area contributed by atoms with Crippen LogP contribution in [0.2, 0.25) is 0 Å². The van der Waals surface area contributed by atoms with E-state index in [4.69, 9.17) is 0 Å². The predicted octanol–water partition coefficient (Wildman–Crippen LogP) is 10.7. The standard InChI is InChI=1S/C41H33PS/c1-29(2)34-21-13-14-24-38(34)43-39-28-26-31-16-10-12-23-36(31)41(39)40-35-22-11-9-15-30(35)25-27-37(40)42(32-17-5-3-6-18-32)33-19-7-4-8-20-33/h3-29H,1-2H3. The Kier molecular flexibility index (Phi) is 7.86. The summed E-state index contributed by atoms with van der Waals surface area (Å²) in [4.78, 5) is 2.62. The molecule has 0 fully saturated rings. The van der Waals surface area contributed by atoms with E-state index in [0.717, 1.165) is 0 Å². The van der Waals surface area contributed by atoms with Gasteiger partial charge in [0.05, 0.1) is 0 Å². The average molecular weight is 589 g/mol. The lowest BCUT2D eigenvalue weighted by Crippen LogP contribution is -2.22. The van der Waals surface area contributed by atoms with Crippen LogP contribution in [-0.4, -0.2) is 0 Å². The van der Waals surface area contributed by atoms with Crippen molar-refractivity contribution in [1.29, 1.82) is 0 Å². The van der Waals surface area contributed by atoms with Crippen LogP contribution in [0.15, 0.2) is 168 Å². The molecule has 0 heterocycles. The van der Waals surface area contributed by atoms with E-state index < -0.39 is 7.92 Å². The molecule has 0 radical (unpaired) electrons. The summed E-state index contributed by atoms with van der Waals surface area (Å²) >= 11 is 1.91. The van der Waals surface area contributed by atoms with E-state index in [2.05, 4.69) is 172 Å². The third-order valence-electron chi connectivity index (χ3n) is 8.08. The van der Waals surface area contributed by atoms with E-state index in [1.54, 1.807) is 0 Å². The Labute approximate surface area is 260 Å². The Morgan fingerprint density at radius 1 is 0.442 bits per heavy atom. The first-order chi connectivity index (χ1) is 21.2. The zero-order valence-electron chi connectivity index (χ0n) is 24.4. The van der Waals surface area contributed by atoms with Crippen molar-refractivity contribution in [3.8, 4) is 11.1 Å². The van der Waals surface area contributed by atoms with Crippen molar-refractivity contribution in [2.24, 2.45) is 0 Å². The van der Waals surface area contributed by atoms with E-state index in [1.807, 2.05) is 11.8 Å². The van der Waals surface area contributed by atoms with Gasteiger partial charge in [0.25, 0.3) is 0 Å². The fourth-order valence-electron chi connectivity index (χ4n) is 6.05. The lowest BCUT2D eigenvalue weighted by molar-refractivity contribution is 0.842. The highest BCUT2D eigenvalue weighted by Gasteiger charge is 2.25. The molecule has 0 saturated carbocycles. The maximum Gasteiger partial charge on any atom is 0.0207 e.